The highest BCUT2D eigenvalue weighted by Crippen LogP contribution is 2.49. The summed E-state index contributed by atoms with van der Waals surface area (Å²) in [7, 11) is 1.53. The van der Waals surface area contributed by atoms with E-state index in [4.69, 9.17) is 15.6 Å². The first kappa shape index (κ1) is 20.6. The number of rotatable bonds is 5. The van der Waals surface area contributed by atoms with E-state index < -0.39 is 11.5 Å². The molecule has 0 saturated heterocycles. The van der Waals surface area contributed by atoms with Gasteiger partial charge < -0.3 is 20.4 Å². The molecule has 2 aliphatic rings. The number of hydrogen-bond acceptors (Lipinski definition) is 6. The Morgan fingerprint density at radius 1 is 1.28 bits per heavy atom. The lowest BCUT2D eigenvalue weighted by Gasteiger charge is -2.36. The molecule has 0 unspecified atom stereocenters. The Morgan fingerprint density at radius 2 is 2.03 bits per heavy atom. The number of anilines is 2. The predicted octanol–water partition coefficient (Wildman–Crippen LogP) is 2.66. The van der Waals surface area contributed by atoms with Crippen LogP contribution in [0.3, 0.4) is 0 Å². The van der Waals surface area contributed by atoms with Crippen LogP contribution in [0.5, 0.6) is 5.75 Å². The Labute approximate surface area is 185 Å². The van der Waals surface area contributed by atoms with Gasteiger partial charge in [0.1, 0.15) is 5.75 Å². The summed E-state index contributed by atoms with van der Waals surface area (Å²) >= 11 is 0. The minimum atomic E-state index is -0.517. The third-order valence-corrected chi connectivity index (χ3v) is 6.85. The summed E-state index contributed by atoms with van der Waals surface area (Å²) in [5.41, 5.74) is 6.43. The van der Waals surface area contributed by atoms with Gasteiger partial charge in [-0.2, -0.15) is 5.10 Å². The molecule has 5 rings (SSSR count). The normalized spacial score (nSPS) is 23.2. The lowest BCUT2D eigenvalue weighted by Crippen LogP contribution is -2.42. The van der Waals surface area contributed by atoms with Crippen LogP contribution in [-0.4, -0.2) is 38.7 Å². The molecule has 0 atom stereocenters. The van der Waals surface area contributed by atoms with Gasteiger partial charge in [-0.1, -0.05) is 0 Å². The van der Waals surface area contributed by atoms with E-state index in [9.17, 15) is 15.1 Å². The van der Waals surface area contributed by atoms with Crippen molar-refractivity contribution in [3.63, 3.8) is 0 Å². The van der Waals surface area contributed by atoms with Crippen molar-refractivity contribution in [2.75, 3.05) is 18.2 Å². The summed E-state index contributed by atoms with van der Waals surface area (Å²) in [5, 5.41) is 29.3. The molecular formula is C23H28N5O4+. The summed E-state index contributed by atoms with van der Waals surface area (Å²) in [5.74, 6) is 0.489. The lowest BCUT2D eigenvalue weighted by atomic mass is 9.79. The van der Waals surface area contributed by atoms with Crippen LogP contribution in [0.25, 0.3) is 10.9 Å². The van der Waals surface area contributed by atoms with E-state index in [1.165, 1.54) is 19.2 Å². The van der Waals surface area contributed by atoms with Gasteiger partial charge in [-0.05, 0) is 67.4 Å². The van der Waals surface area contributed by atoms with Gasteiger partial charge in [0.05, 0.1) is 30.0 Å². The Bertz CT molecular complexity index is 1180. The van der Waals surface area contributed by atoms with Gasteiger partial charge >= 0.3 is 5.82 Å². The molecule has 1 aromatic carbocycles. The first-order valence-electron chi connectivity index (χ1n) is 11.0. The number of nitrogen functional groups attached to an aromatic ring is 1. The fourth-order valence-corrected chi connectivity index (χ4v) is 4.80. The molecule has 1 amide bonds. The monoisotopic (exact) mass is 438 g/mol. The second-order valence-corrected chi connectivity index (χ2v) is 8.93. The van der Waals surface area contributed by atoms with E-state index in [0.29, 0.717) is 22.1 Å². The lowest BCUT2D eigenvalue weighted by molar-refractivity contribution is -0.894. The van der Waals surface area contributed by atoms with Crippen molar-refractivity contribution in [2.45, 2.75) is 50.2 Å². The summed E-state index contributed by atoms with van der Waals surface area (Å²) in [6.07, 6.45) is 7.68. The Balaban J connectivity index is 1.39. The van der Waals surface area contributed by atoms with Crippen LogP contribution in [0.1, 0.15) is 55.1 Å². The number of aliphatic hydroxyl groups is 1. The van der Waals surface area contributed by atoms with Gasteiger partial charge in [0.15, 0.2) is 0 Å². The number of nitrogens with two attached hydrogens (primary N) is 1. The molecule has 5 N–H and O–H groups in total. The largest absolute Gasteiger partial charge is 0.494 e. The summed E-state index contributed by atoms with van der Waals surface area (Å²) in [4.78, 5) is 12.7. The predicted molar refractivity (Wildman–Crippen MR) is 118 cm³/mol. The minimum Gasteiger partial charge on any atom is -0.494 e. The van der Waals surface area contributed by atoms with Gasteiger partial charge in [-0.3, -0.25) is 15.2 Å². The maximum atomic E-state index is 12.7. The number of hydrogen-bond donors (Lipinski definition) is 4. The molecule has 0 bridgehead atoms. The molecule has 9 nitrogen and oxygen atoms in total. The van der Waals surface area contributed by atoms with E-state index in [0.717, 1.165) is 49.4 Å². The first-order chi connectivity index (χ1) is 15.4. The third kappa shape index (κ3) is 3.62. The van der Waals surface area contributed by atoms with Crippen LogP contribution in [0.4, 0.5) is 11.5 Å². The van der Waals surface area contributed by atoms with E-state index in [1.807, 2.05) is 16.9 Å². The molecule has 2 saturated carbocycles. The Kier molecular flexibility index (Phi) is 4.93. The van der Waals surface area contributed by atoms with Crippen LogP contribution >= 0.6 is 0 Å². The van der Waals surface area contributed by atoms with E-state index >= 15 is 0 Å². The van der Waals surface area contributed by atoms with E-state index in [1.54, 1.807) is 12.1 Å². The highest BCUT2D eigenvalue weighted by molar-refractivity contribution is 6.04. The highest BCUT2D eigenvalue weighted by atomic mass is 16.5. The van der Waals surface area contributed by atoms with Gasteiger partial charge in [-0.25, -0.2) is 0 Å². The van der Waals surface area contributed by atoms with Crippen molar-refractivity contribution in [1.82, 2.24) is 9.78 Å². The number of amides is 1. The molecule has 32 heavy (non-hydrogen) atoms. The third-order valence-electron chi connectivity index (χ3n) is 6.85. The van der Waals surface area contributed by atoms with Crippen LogP contribution in [-0.2, 0) is 0 Å². The van der Waals surface area contributed by atoms with Crippen LogP contribution in [0.15, 0.2) is 36.5 Å². The van der Waals surface area contributed by atoms with Crippen molar-refractivity contribution in [3.8, 4) is 5.75 Å². The number of pyridine rings is 1. The van der Waals surface area contributed by atoms with Gasteiger partial charge in [-0.15, -0.1) is 0 Å². The number of fused-ring (bicyclic) bond motifs is 1. The number of benzene rings is 1. The zero-order valence-electron chi connectivity index (χ0n) is 18.0. The van der Waals surface area contributed by atoms with Gasteiger partial charge in [0.25, 0.3) is 5.91 Å². The second kappa shape index (κ2) is 7.67. The molecule has 168 valence electrons. The smallest absolute Gasteiger partial charge is 0.312 e. The van der Waals surface area contributed by atoms with Crippen LogP contribution in [0, 0.1) is 5.92 Å². The van der Waals surface area contributed by atoms with E-state index in [2.05, 4.69) is 5.32 Å². The summed E-state index contributed by atoms with van der Waals surface area (Å²) < 4.78 is 8.09. The Hall–Kier alpha value is -3.33. The number of nitrogens with zero attached hydrogens (tertiary/aromatic N) is 3. The van der Waals surface area contributed by atoms with Crippen molar-refractivity contribution < 1.29 is 24.6 Å². The molecule has 9 heteroatoms. The van der Waals surface area contributed by atoms with Crippen molar-refractivity contribution >= 4 is 28.3 Å². The van der Waals surface area contributed by atoms with Crippen molar-refractivity contribution in [2.24, 2.45) is 5.92 Å². The zero-order valence-corrected chi connectivity index (χ0v) is 18.0. The van der Waals surface area contributed by atoms with Gasteiger partial charge in [0, 0.05) is 23.7 Å². The molecule has 2 fully saturated rings. The molecule has 3 aromatic rings. The molecular weight excluding hydrogens is 410 g/mol. The second-order valence-electron chi connectivity index (χ2n) is 8.93. The van der Waals surface area contributed by atoms with Gasteiger partial charge in [0.2, 0.25) is 5.69 Å². The fourth-order valence-electron chi connectivity index (χ4n) is 4.80. The quantitative estimate of drug-likeness (QED) is 0.358. The fraction of sp³-hybridized carbons (Fsp3) is 0.435. The van der Waals surface area contributed by atoms with Crippen molar-refractivity contribution in [1.29, 1.82) is 0 Å². The SMILES string of the molecule is COc1cc2nn([C@H]3CC[C@@](O)(C4CC4)CC3)cc2cc1NC(=O)c1cccc(N)[n+]1O. The van der Waals surface area contributed by atoms with Crippen LogP contribution < -0.4 is 20.5 Å². The number of carbonyl (C=O) groups excluding carboxylic acids is 1. The molecule has 0 aliphatic heterocycles. The van der Waals surface area contributed by atoms with Crippen LogP contribution in [0.2, 0.25) is 0 Å². The zero-order chi connectivity index (χ0) is 22.5. The molecule has 2 aliphatic carbocycles. The summed E-state index contributed by atoms with van der Waals surface area (Å²) in [6.45, 7) is 0. The molecule has 2 aromatic heterocycles. The summed E-state index contributed by atoms with van der Waals surface area (Å²) in [6, 6.07) is 8.40. The number of carbonyl (C=O) groups is 1. The maximum absolute atomic E-state index is 12.7. The van der Waals surface area contributed by atoms with E-state index in [-0.39, 0.29) is 17.6 Å². The Morgan fingerprint density at radius 3 is 2.72 bits per heavy atom. The highest BCUT2D eigenvalue weighted by Gasteiger charge is 2.45. The minimum absolute atomic E-state index is 0.00759. The number of methoxy groups -OCH3 is 1. The molecule has 0 radical (unpaired) electrons. The average Bonchev–Trinajstić information content (AvgIpc) is 3.57. The topological polar surface area (TPSA) is 127 Å². The maximum Gasteiger partial charge on any atom is 0.312 e. The average molecular weight is 439 g/mol. The van der Waals surface area contributed by atoms with Crippen molar-refractivity contribution in [3.05, 3.63) is 42.2 Å². The first-order valence-corrected chi connectivity index (χ1v) is 11.0. The number of nitrogens with one attached hydrogen (secondary N) is 1. The number of ether oxygens (including phenoxy) is 1. The number of aromatic nitrogens is 3. The molecule has 0 spiro atoms. The standard InChI is InChI=1S/C23H27N5O4/c1-32-20-12-17-14(11-18(20)25-22(29)19-3-2-4-21(24)28(19)31)13-27(26-17)16-7-9-23(30,10-8-16)15-5-6-15/h2-4,11-13,15-16,24,30-31H,5-10H2,1H3,(H,25,29)/p+1/t16-,23-. The molecule has 2 heterocycles.